The number of carbonyl (C=O) groups is 2. The largest absolute Gasteiger partial charge is 0.461 e. The van der Waals surface area contributed by atoms with E-state index in [1.54, 1.807) is 0 Å². The lowest BCUT2D eigenvalue weighted by Gasteiger charge is -2.38. The van der Waals surface area contributed by atoms with Crippen molar-refractivity contribution in [3.63, 3.8) is 0 Å². The van der Waals surface area contributed by atoms with Crippen LogP contribution in [-0.2, 0) is 20.7 Å². The van der Waals surface area contributed by atoms with Gasteiger partial charge in [-0.15, -0.1) is 0 Å². The second-order valence-electron chi connectivity index (χ2n) is 9.49. The molecule has 3 atom stereocenters. The molecule has 3 unspecified atom stereocenters. The molecule has 1 aromatic heterocycles. The van der Waals surface area contributed by atoms with Crippen LogP contribution in [0.1, 0.15) is 57.1 Å². The van der Waals surface area contributed by atoms with E-state index in [2.05, 4.69) is 30.8 Å². The molecule has 0 aromatic carbocycles. The number of rotatable bonds is 6. The molecule has 30 heavy (non-hydrogen) atoms. The molecule has 0 bridgehead atoms. The van der Waals surface area contributed by atoms with E-state index in [0.717, 1.165) is 24.1 Å². The van der Waals surface area contributed by atoms with Gasteiger partial charge in [0.15, 0.2) is 0 Å². The molecule has 0 N–H and O–H groups in total. The molecule has 1 aliphatic heterocycles. The summed E-state index contributed by atoms with van der Waals surface area (Å²) in [6.45, 7) is 13.3. The van der Waals surface area contributed by atoms with Crippen molar-refractivity contribution < 1.29 is 18.8 Å². The normalized spacial score (nSPS) is 25.5. The van der Waals surface area contributed by atoms with Gasteiger partial charge in [0.2, 0.25) is 5.91 Å². The second-order valence-corrected chi connectivity index (χ2v) is 9.49. The third-order valence-electron chi connectivity index (χ3n) is 6.83. The highest BCUT2D eigenvalue weighted by Crippen LogP contribution is 2.35. The average Bonchev–Trinajstić information content (AvgIpc) is 3.00. The van der Waals surface area contributed by atoms with E-state index in [0.29, 0.717) is 62.7 Å². The Morgan fingerprint density at radius 2 is 1.87 bits per heavy atom. The number of ether oxygens (including phenoxy) is 1. The Hall–Kier alpha value is -1.89. The van der Waals surface area contributed by atoms with Crippen LogP contribution in [0.25, 0.3) is 0 Å². The van der Waals surface area contributed by atoms with E-state index in [-0.39, 0.29) is 18.0 Å². The maximum atomic E-state index is 12.6. The van der Waals surface area contributed by atoms with E-state index >= 15 is 0 Å². The van der Waals surface area contributed by atoms with E-state index in [9.17, 15) is 9.59 Å². The summed E-state index contributed by atoms with van der Waals surface area (Å²) in [5, 5.41) is 3.92. The highest BCUT2D eigenvalue weighted by molar-refractivity contribution is 5.79. The lowest BCUT2D eigenvalue weighted by molar-refractivity contribution is -0.157. The van der Waals surface area contributed by atoms with Crippen molar-refractivity contribution in [3.8, 4) is 0 Å². The quantitative estimate of drug-likeness (QED) is 0.660. The van der Waals surface area contributed by atoms with Crippen molar-refractivity contribution in [1.29, 1.82) is 0 Å². The fourth-order valence-corrected chi connectivity index (χ4v) is 4.81. The standard InChI is InChI=1S/C23H37N3O4/c1-15(2)19-7-6-16(3)12-21(19)29-23(28)14-25-8-10-26(11-9-25)22(27)13-20-17(4)24-30-18(20)5/h15-16,19,21H,6-14H2,1-5H3. The van der Waals surface area contributed by atoms with Crippen molar-refractivity contribution in [2.24, 2.45) is 17.8 Å². The molecule has 2 heterocycles. The number of aryl methyl sites for hydroxylation is 2. The summed E-state index contributed by atoms with van der Waals surface area (Å²) in [5.74, 6) is 2.27. The molecule has 3 rings (SSSR count). The zero-order valence-corrected chi connectivity index (χ0v) is 19.1. The summed E-state index contributed by atoms with van der Waals surface area (Å²) >= 11 is 0. The predicted octanol–water partition coefficient (Wildman–Crippen LogP) is 2.98. The van der Waals surface area contributed by atoms with Gasteiger partial charge < -0.3 is 14.2 Å². The van der Waals surface area contributed by atoms with Crippen LogP contribution >= 0.6 is 0 Å². The van der Waals surface area contributed by atoms with Crippen molar-refractivity contribution in [2.45, 2.75) is 66.4 Å². The molecule has 2 fully saturated rings. The Kier molecular flexibility index (Phi) is 7.55. The van der Waals surface area contributed by atoms with Gasteiger partial charge in [-0.3, -0.25) is 14.5 Å². The highest BCUT2D eigenvalue weighted by Gasteiger charge is 2.34. The van der Waals surface area contributed by atoms with Gasteiger partial charge in [0.1, 0.15) is 11.9 Å². The van der Waals surface area contributed by atoms with Crippen LogP contribution in [0, 0.1) is 31.6 Å². The first-order valence-corrected chi connectivity index (χ1v) is 11.4. The number of nitrogens with zero attached hydrogens (tertiary/aromatic N) is 3. The van der Waals surface area contributed by atoms with Crippen LogP contribution in [0.3, 0.4) is 0 Å². The van der Waals surface area contributed by atoms with Crippen LogP contribution in [0.15, 0.2) is 4.52 Å². The van der Waals surface area contributed by atoms with Gasteiger partial charge in [0.25, 0.3) is 0 Å². The number of hydrogen-bond acceptors (Lipinski definition) is 6. The molecule has 1 amide bonds. The van der Waals surface area contributed by atoms with E-state index in [1.807, 2.05) is 18.7 Å². The lowest BCUT2D eigenvalue weighted by Crippen LogP contribution is -2.51. The first-order valence-electron chi connectivity index (χ1n) is 11.4. The van der Waals surface area contributed by atoms with Crippen molar-refractivity contribution in [2.75, 3.05) is 32.7 Å². The Balaban J connectivity index is 1.45. The molecule has 0 spiro atoms. The molecule has 168 valence electrons. The van der Waals surface area contributed by atoms with Gasteiger partial charge in [0, 0.05) is 31.7 Å². The predicted molar refractivity (Wildman–Crippen MR) is 114 cm³/mol. The van der Waals surface area contributed by atoms with Crippen LogP contribution in [0.2, 0.25) is 0 Å². The Bertz CT molecular complexity index is 717. The Morgan fingerprint density at radius 1 is 1.17 bits per heavy atom. The van der Waals surface area contributed by atoms with Gasteiger partial charge in [-0.2, -0.15) is 0 Å². The number of piperazine rings is 1. The average molecular weight is 420 g/mol. The van der Waals surface area contributed by atoms with E-state index in [4.69, 9.17) is 9.26 Å². The molecular formula is C23H37N3O4. The number of esters is 1. The number of amides is 1. The van der Waals surface area contributed by atoms with Crippen LogP contribution in [0.4, 0.5) is 0 Å². The van der Waals surface area contributed by atoms with Crippen molar-refractivity contribution in [3.05, 3.63) is 17.0 Å². The molecule has 1 aliphatic carbocycles. The van der Waals surface area contributed by atoms with Crippen molar-refractivity contribution in [1.82, 2.24) is 15.0 Å². The Labute approximate surface area is 180 Å². The van der Waals surface area contributed by atoms with Gasteiger partial charge in [-0.05, 0) is 44.4 Å². The summed E-state index contributed by atoms with van der Waals surface area (Å²) < 4.78 is 11.1. The minimum Gasteiger partial charge on any atom is -0.461 e. The summed E-state index contributed by atoms with van der Waals surface area (Å²) in [7, 11) is 0. The number of aromatic nitrogens is 1. The zero-order chi connectivity index (χ0) is 21.8. The monoisotopic (exact) mass is 419 g/mol. The minimum absolute atomic E-state index is 0.0409. The van der Waals surface area contributed by atoms with Gasteiger partial charge >= 0.3 is 5.97 Å². The molecule has 1 aromatic rings. The SMILES string of the molecule is Cc1noc(C)c1CC(=O)N1CCN(CC(=O)OC2CC(C)CCC2C(C)C)CC1. The molecule has 0 radical (unpaired) electrons. The van der Waals surface area contributed by atoms with Gasteiger partial charge in [-0.25, -0.2) is 0 Å². The maximum Gasteiger partial charge on any atom is 0.320 e. The van der Waals surface area contributed by atoms with Crippen LogP contribution in [-0.4, -0.2) is 65.7 Å². The van der Waals surface area contributed by atoms with Crippen LogP contribution in [0.5, 0.6) is 0 Å². The Morgan fingerprint density at radius 3 is 2.47 bits per heavy atom. The van der Waals surface area contributed by atoms with Gasteiger partial charge in [-0.1, -0.05) is 32.3 Å². The smallest absolute Gasteiger partial charge is 0.320 e. The van der Waals surface area contributed by atoms with E-state index < -0.39 is 0 Å². The van der Waals surface area contributed by atoms with Crippen molar-refractivity contribution >= 4 is 11.9 Å². The third kappa shape index (κ3) is 5.62. The first kappa shape index (κ1) is 22.8. The number of carbonyl (C=O) groups excluding carboxylic acids is 2. The second kappa shape index (κ2) is 9.94. The zero-order valence-electron chi connectivity index (χ0n) is 19.1. The molecule has 2 aliphatic rings. The summed E-state index contributed by atoms with van der Waals surface area (Å²) in [6, 6.07) is 0. The van der Waals surface area contributed by atoms with Gasteiger partial charge in [0.05, 0.1) is 18.7 Å². The minimum atomic E-state index is -0.129. The third-order valence-corrected chi connectivity index (χ3v) is 6.83. The highest BCUT2D eigenvalue weighted by atomic mass is 16.5. The summed E-state index contributed by atoms with van der Waals surface area (Å²) in [4.78, 5) is 29.2. The summed E-state index contributed by atoms with van der Waals surface area (Å²) in [6.07, 6.45) is 3.70. The van der Waals surface area contributed by atoms with Crippen LogP contribution < -0.4 is 0 Å². The lowest BCUT2D eigenvalue weighted by atomic mass is 9.75. The molecule has 7 heteroatoms. The summed E-state index contributed by atoms with van der Waals surface area (Å²) in [5.41, 5.74) is 1.66. The molecule has 1 saturated heterocycles. The molecule has 7 nitrogen and oxygen atoms in total. The molecular weight excluding hydrogens is 382 g/mol. The fraction of sp³-hybridized carbons (Fsp3) is 0.783. The number of hydrogen-bond donors (Lipinski definition) is 0. The fourth-order valence-electron chi connectivity index (χ4n) is 4.81. The van der Waals surface area contributed by atoms with E-state index in [1.165, 1.54) is 6.42 Å². The first-order chi connectivity index (χ1) is 14.2. The maximum absolute atomic E-state index is 12.6. The molecule has 1 saturated carbocycles. The topological polar surface area (TPSA) is 75.9 Å².